The summed E-state index contributed by atoms with van der Waals surface area (Å²) in [7, 11) is 4.44. The molecule has 1 aliphatic heterocycles. The van der Waals surface area contributed by atoms with Crippen LogP contribution in [0.5, 0.6) is 0 Å². The Morgan fingerprint density at radius 2 is 1.91 bits per heavy atom. The summed E-state index contributed by atoms with van der Waals surface area (Å²) in [5, 5.41) is 2.36. The molecular weight excluding hydrogens is 140 g/mol. The summed E-state index contributed by atoms with van der Waals surface area (Å²) in [6, 6.07) is 0. The molecule has 3 nitrogen and oxygen atoms in total. The summed E-state index contributed by atoms with van der Waals surface area (Å²) in [5.74, 6) is 0. The Morgan fingerprint density at radius 1 is 1.36 bits per heavy atom. The smallest absolute Gasteiger partial charge is 0.120 e. The summed E-state index contributed by atoms with van der Waals surface area (Å²) in [6.07, 6.45) is 0. The molecule has 0 bridgehead atoms. The van der Waals surface area contributed by atoms with Gasteiger partial charge in [0.1, 0.15) is 13.1 Å². The van der Waals surface area contributed by atoms with Gasteiger partial charge in [-0.3, -0.25) is 0 Å². The lowest BCUT2D eigenvalue weighted by molar-refractivity contribution is -1.02. The lowest BCUT2D eigenvalue weighted by atomic mass is 10.4. The zero-order valence-electron chi connectivity index (χ0n) is 7.84. The number of ether oxygens (including phenoxy) is 1. The Balaban J connectivity index is 2.49. The number of rotatable bonds is 2. The van der Waals surface area contributed by atoms with Crippen molar-refractivity contribution in [1.29, 1.82) is 0 Å². The van der Waals surface area contributed by atoms with E-state index in [0.29, 0.717) is 0 Å². The van der Waals surface area contributed by atoms with Gasteiger partial charge in [0.15, 0.2) is 0 Å². The van der Waals surface area contributed by atoms with Crippen LogP contribution in [0.3, 0.4) is 0 Å². The maximum Gasteiger partial charge on any atom is 0.120 e. The molecule has 0 aromatic carbocycles. The zero-order chi connectivity index (χ0) is 8.32. The highest BCUT2D eigenvalue weighted by Crippen LogP contribution is 2.09. The van der Waals surface area contributed by atoms with Crippen molar-refractivity contribution >= 4 is 0 Å². The lowest BCUT2D eigenvalue weighted by Crippen LogP contribution is -2.60. The molecule has 0 N–H and O–H groups in total. The van der Waals surface area contributed by atoms with Crippen LogP contribution in [0.25, 0.3) is 0 Å². The highest BCUT2D eigenvalue weighted by molar-refractivity contribution is 4.43. The molecule has 3 heteroatoms. The molecule has 0 amide bonds. The van der Waals surface area contributed by atoms with Crippen molar-refractivity contribution in [1.82, 2.24) is 5.01 Å². The fourth-order valence-electron chi connectivity index (χ4n) is 1.42. The molecule has 0 atom stereocenters. The molecule has 0 aromatic heterocycles. The van der Waals surface area contributed by atoms with Gasteiger partial charge in [-0.15, -0.1) is 0 Å². The van der Waals surface area contributed by atoms with Crippen LogP contribution in [0.2, 0.25) is 0 Å². The van der Waals surface area contributed by atoms with Crippen LogP contribution in [0.1, 0.15) is 6.92 Å². The minimum atomic E-state index is 0.904. The first-order chi connectivity index (χ1) is 5.19. The number of nitrogens with zero attached hydrogens (tertiary/aromatic N) is 2. The van der Waals surface area contributed by atoms with Gasteiger partial charge >= 0.3 is 0 Å². The molecular formula is C8H19N2O+. The average molecular weight is 159 g/mol. The second-order valence-electron chi connectivity index (χ2n) is 3.37. The SMILES string of the molecule is CCN(C)[N+]1(C)CCOCC1. The van der Waals surface area contributed by atoms with Gasteiger partial charge < -0.3 is 4.74 Å². The average Bonchev–Trinajstić information content (AvgIpc) is 2.04. The van der Waals surface area contributed by atoms with Gasteiger partial charge in [0.2, 0.25) is 0 Å². The normalized spacial score (nSPS) is 24.0. The molecule has 11 heavy (non-hydrogen) atoms. The minimum absolute atomic E-state index is 0.904. The molecule has 1 saturated heterocycles. The highest BCUT2D eigenvalue weighted by Gasteiger charge is 2.29. The predicted octanol–water partition coefficient (Wildman–Crippen LogP) is 0.330. The Morgan fingerprint density at radius 3 is 2.36 bits per heavy atom. The molecule has 0 aromatic rings. The van der Waals surface area contributed by atoms with Crippen molar-refractivity contribution in [3.05, 3.63) is 0 Å². The van der Waals surface area contributed by atoms with Crippen LogP contribution in [0.15, 0.2) is 0 Å². The van der Waals surface area contributed by atoms with Gasteiger partial charge in [-0.25, -0.2) is 4.59 Å². The Kier molecular flexibility index (Phi) is 2.87. The highest BCUT2D eigenvalue weighted by atomic mass is 16.5. The standard InChI is InChI=1S/C8H19N2O/c1-4-9(2)10(3)5-7-11-8-6-10/h4-8H2,1-3H3/q+1. The molecule has 66 valence electrons. The van der Waals surface area contributed by atoms with E-state index in [9.17, 15) is 0 Å². The van der Waals surface area contributed by atoms with Crippen LogP contribution in [0.4, 0.5) is 0 Å². The van der Waals surface area contributed by atoms with E-state index in [-0.39, 0.29) is 0 Å². The fraction of sp³-hybridized carbons (Fsp3) is 1.00. The van der Waals surface area contributed by atoms with Crippen LogP contribution in [-0.2, 0) is 4.74 Å². The third-order valence-electron chi connectivity index (χ3n) is 2.72. The maximum absolute atomic E-state index is 5.32. The quantitative estimate of drug-likeness (QED) is 0.538. The summed E-state index contributed by atoms with van der Waals surface area (Å²) >= 11 is 0. The molecule has 1 heterocycles. The third kappa shape index (κ3) is 1.92. The molecule has 1 aliphatic rings. The van der Waals surface area contributed by atoms with Crippen LogP contribution in [0, 0.1) is 0 Å². The molecule has 1 fully saturated rings. The molecule has 0 aliphatic carbocycles. The summed E-state index contributed by atoms with van der Waals surface area (Å²) in [6.45, 7) is 7.34. The number of likely N-dealkylation sites (N-methyl/N-ethyl adjacent to an activating group) is 1. The van der Waals surface area contributed by atoms with Gasteiger partial charge in [0.05, 0.1) is 20.3 Å². The van der Waals surface area contributed by atoms with Crippen LogP contribution < -0.4 is 0 Å². The first kappa shape index (κ1) is 8.97. The van der Waals surface area contributed by atoms with E-state index in [2.05, 4.69) is 26.0 Å². The van der Waals surface area contributed by atoms with Gasteiger partial charge in [0, 0.05) is 13.6 Å². The monoisotopic (exact) mass is 159 g/mol. The summed E-state index contributed by atoms with van der Waals surface area (Å²) in [4.78, 5) is 0. The predicted molar refractivity (Wildman–Crippen MR) is 45.0 cm³/mol. The number of hydrogen-bond donors (Lipinski definition) is 0. The number of morpholine rings is 1. The van der Waals surface area contributed by atoms with E-state index >= 15 is 0 Å². The van der Waals surface area contributed by atoms with E-state index in [1.54, 1.807) is 0 Å². The molecule has 0 saturated carbocycles. The van der Waals surface area contributed by atoms with E-state index in [1.807, 2.05) is 0 Å². The van der Waals surface area contributed by atoms with Crippen LogP contribution >= 0.6 is 0 Å². The second kappa shape index (κ2) is 3.52. The minimum Gasteiger partial charge on any atom is -0.370 e. The first-order valence-electron chi connectivity index (χ1n) is 4.33. The Hall–Kier alpha value is -0.120. The summed E-state index contributed by atoms with van der Waals surface area (Å²) in [5.41, 5.74) is 0. The third-order valence-corrected chi connectivity index (χ3v) is 2.72. The topological polar surface area (TPSA) is 12.5 Å². The lowest BCUT2D eigenvalue weighted by Gasteiger charge is -2.42. The zero-order valence-corrected chi connectivity index (χ0v) is 7.84. The van der Waals surface area contributed by atoms with Crippen LogP contribution in [-0.4, -0.2) is 56.5 Å². The van der Waals surface area contributed by atoms with Crippen molar-refractivity contribution in [2.45, 2.75) is 6.92 Å². The van der Waals surface area contributed by atoms with Crippen molar-refractivity contribution < 1.29 is 9.33 Å². The van der Waals surface area contributed by atoms with Gasteiger partial charge in [0.25, 0.3) is 0 Å². The van der Waals surface area contributed by atoms with Crippen molar-refractivity contribution in [3.63, 3.8) is 0 Å². The van der Waals surface area contributed by atoms with Crippen molar-refractivity contribution in [3.8, 4) is 0 Å². The first-order valence-corrected chi connectivity index (χ1v) is 4.33. The number of hydrogen-bond acceptors (Lipinski definition) is 2. The van der Waals surface area contributed by atoms with E-state index in [4.69, 9.17) is 4.74 Å². The van der Waals surface area contributed by atoms with E-state index in [0.717, 1.165) is 37.4 Å². The van der Waals surface area contributed by atoms with Crippen molar-refractivity contribution in [2.75, 3.05) is 46.9 Å². The second-order valence-corrected chi connectivity index (χ2v) is 3.37. The fourth-order valence-corrected chi connectivity index (χ4v) is 1.42. The Bertz CT molecular complexity index is 121. The van der Waals surface area contributed by atoms with Gasteiger partial charge in [-0.05, 0) is 6.92 Å². The summed E-state index contributed by atoms with van der Waals surface area (Å²) < 4.78 is 6.36. The Labute approximate surface area is 69.1 Å². The van der Waals surface area contributed by atoms with E-state index in [1.165, 1.54) is 0 Å². The largest absolute Gasteiger partial charge is 0.370 e. The van der Waals surface area contributed by atoms with E-state index < -0.39 is 0 Å². The number of quaternary nitrogens is 1. The molecule has 1 rings (SSSR count). The molecule has 0 spiro atoms. The molecule has 0 radical (unpaired) electrons. The molecule has 0 unspecified atom stereocenters. The van der Waals surface area contributed by atoms with Crippen molar-refractivity contribution in [2.24, 2.45) is 0 Å². The van der Waals surface area contributed by atoms with Gasteiger partial charge in [-0.1, -0.05) is 0 Å². The maximum atomic E-state index is 5.32. The van der Waals surface area contributed by atoms with Gasteiger partial charge in [-0.2, -0.15) is 5.01 Å².